The molecule has 1 fully saturated rings. The largest absolute Gasteiger partial charge is 0.334 e. The van der Waals surface area contributed by atoms with E-state index in [2.05, 4.69) is 281 Å². The number of rotatable bonds is 5. The van der Waals surface area contributed by atoms with Crippen LogP contribution >= 0.6 is 11.3 Å². The predicted octanol–water partition coefficient (Wildman–Crippen LogP) is 21.5. The van der Waals surface area contributed by atoms with Gasteiger partial charge in [0.05, 0.1) is 5.54 Å². The Bertz CT molecular complexity index is 4570. The molecule has 16 rings (SSSR count). The molecule has 0 N–H and O–H groups in total. The van der Waals surface area contributed by atoms with E-state index in [9.17, 15) is 0 Å². The Labute approximate surface area is 528 Å². The molecule has 3 nitrogen and oxygen atoms in total. The number of hydrogen-bond acceptors (Lipinski definition) is 4. The maximum absolute atomic E-state index is 2.88. The van der Waals surface area contributed by atoms with Crippen molar-refractivity contribution in [3.8, 4) is 22.3 Å². The summed E-state index contributed by atoms with van der Waals surface area (Å²) >= 11 is 1.91. The highest BCUT2D eigenvalue weighted by atomic mass is 32.1. The van der Waals surface area contributed by atoms with Gasteiger partial charge in [-0.3, -0.25) is 0 Å². The van der Waals surface area contributed by atoms with Crippen LogP contribution < -0.4 is 31.1 Å². The van der Waals surface area contributed by atoms with Crippen molar-refractivity contribution in [1.82, 2.24) is 0 Å². The van der Waals surface area contributed by atoms with Crippen LogP contribution in [0.1, 0.15) is 180 Å². The number of benzene rings is 9. The zero-order valence-electron chi connectivity index (χ0n) is 54.6. The molecule has 0 saturated heterocycles. The standard InChI is InChI=1S/C83H86BN3S/c1-51-42-61-63(80(9,10)40-38-78(61,5)6)49-69(51)86-71-50-64-62(79(7,8)39-41-81(64,11)12)48-67(71)84-66-33-28-55(52-22-16-15-17-23-52)44-70(66)85(57-32-35-75-60(45-57)59-24-18-19-25-74(59)88-75)72-46-58(47-73(86)76(72)84)87-68-34-29-54(53-26-30-56(31-27-53)77(2,3)4)43-65(68)82(13)36-20-21-37-83(82,87)14/h15-19,22-35,42-50H,20-21,36-41H2,1-14H3. The van der Waals surface area contributed by atoms with Gasteiger partial charge in [0.25, 0.3) is 6.71 Å². The van der Waals surface area contributed by atoms with E-state index in [1.807, 2.05) is 11.3 Å². The Morgan fingerprint density at radius 2 is 0.955 bits per heavy atom. The van der Waals surface area contributed by atoms with Gasteiger partial charge in [-0.05, 0) is 224 Å². The van der Waals surface area contributed by atoms with Gasteiger partial charge in [0.2, 0.25) is 0 Å². The number of nitrogens with zero attached hydrogens (tertiary/aromatic N) is 3. The summed E-state index contributed by atoms with van der Waals surface area (Å²) in [4.78, 5) is 8.41. The minimum Gasteiger partial charge on any atom is -0.334 e. The highest BCUT2D eigenvalue weighted by Gasteiger charge is 2.58. The van der Waals surface area contributed by atoms with Gasteiger partial charge in [0.15, 0.2) is 0 Å². The average molecular weight is 1170 g/mol. The molecule has 0 bridgehead atoms. The molecule has 3 aliphatic heterocycles. The van der Waals surface area contributed by atoms with E-state index in [0.717, 1.165) is 32.1 Å². The van der Waals surface area contributed by atoms with E-state index in [0.29, 0.717) is 0 Å². The van der Waals surface area contributed by atoms with Crippen LogP contribution in [0.3, 0.4) is 0 Å². The van der Waals surface area contributed by atoms with E-state index in [1.165, 1.54) is 163 Å². The van der Waals surface area contributed by atoms with Gasteiger partial charge in [-0.25, -0.2) is 0 Å². The molecule has 3 aliphatic carbocycles. The van der Waals surface area contributed by atoms with E-state index in [1.54, 1.807) is 0 Å². The third-order valence-electron chi connectivity index (χ3n) is 23.6. The van der Waals surface area contributed by atoms with Crippen LogP contribution in [-0.2, 0) is 32.5 Å². The van der Waals surface area contributed by atoms with Gasteiger partial charge in [-0.2, -0.15) is 0 Å². The second-order valence-electron chi connectivity index (χ2n) is 31.8. The molecule has 5 heteroatoms. The number of fused-ring (bicyclic) bond motifs is 12. The average Bonchev–Trinajstić information content (AvgIpc) is 1.13. The van der Waals surface area contributed by atoms with Crippen molar-refractivity contribution >= 4 is 100 Å². The van der Waals surface area contributed by atoms with Crippen molar-refractivity contribution in [1.29, 1.82) is 0 Å². The summed E-state index contributed by atoms with van der Waals surface area (Å²) in [5, 5.41) is 2.63. The first kappa shape index (κ1) is 55.9. The molecule has 10 aromatic rings. The van der Waals surface area contributed by atoms with Crippen LogP contribution in [0.25, 0.3) is 42.4 Å². The summed E-state index contributed by atoms with van der Waals surface area (Å²) in [6.07, 6.45) is 9.33. The Balaban J connectivity index is 1.04. The maximum Gasteiger partial charge on any atom is 0.252 e. The lowest BCUT2D eigenvalue weighted by atomic mass is 9.33. The number of anilines is 8. The first-order chi connectivity index (χ1) is 41.8. The zero-order valence-corrected chi connectivity index (χ0v) is 55.5. The fourth-order valence-corrected chi connectivity index (χ4v) is 18.9. The summed E-state index contributed by atoms with van der Waals surface area (Å²) in [5.74, 6) is 0. The Morgan fingerprint density at radius 3 is 1.65 bits per heavy atom. The quantitative estimate of drug-likeness (QED) is 0.159. The second kappa shape index (κ2) is 18.9. The molecule has 6 aliphatic rings. The molecule has 442 valence electrons. The molecule has 1 saturated carbocycles. The van der Waals surface area contributed by atoms with Crippen LogP contribution in [0.15, 0.2) is 170 Å². The zero-order chi connectivity index (χ0) is 61.0. The second-order valence-corrected chi connectivity index (χ2v) is 32.9. The lowest BCUT2D eigenvalue weighted by molar-refractivity contribution is 0.195. The lowest BCUT2D eigenvalue weighted by Gasteiger charge is -2.51. The topological polar surface area (TPSA) is 9.72 Å². The Morgan fingerprint density at radius 1 is 0.398 bits per heavy atom. The third-order valence-corrected chi connectivity index (χ3v) is 24.8. The highest BCUT2D eigenvalue weighted by Crippen LogP contribution is 2.63. The molecule has 88 heavy (non-hydrogen) atoms. The van der Waals surface area contributed by atoms with Crippen molar-refractivity contribution in [3.63, 3.8) is 0 Å². The first-order valence-corrected chi connectivity index (χ1v) is 34.0. The first-order valence-electron chi connectivity index (χ1n) is 33.1. The number of thiophene rings is 1. The van der Waals surface area contributed by atoms with E-state index < -0.39 is 0 Å². The smallest absolute Gasteiger partial charge is 0.252 e. The Kier molecular flexibility index (Phi) is 12.0. The van der Waals surface area contributed by atoms with Crippen LogP contribution in [0, 0.1) is 6.92 Å². The summed E-state index contributed by atoms with van der Waals surface area (Å²) < 4.78 is 2.65. The monoisotopic (exact) mass is 1170 g/mol. The molecule has 2 atom stereocenters. The fourth-order valence-electron chi connectivity index (χ4n) is 17.8. The van der Waals surface area contributed by atoms with Crippen molar-refractivity contribution in [3.05, 3.63) is 209 Å². The minimum absolute atomic E-state index is 0.00114. The van der Waals surface area contributed by atoms with Crippen molar-refractivity contribution in [2.75, 3.05) is 14.7 Å². The van der Waals surface area contributed by atoms with Gasteiger partial charge >= 0.3 is 0 Å². The SMILES string of the molecule is Cc1cc2c(cc1N1c3cc4c(cc3B3c5ccc(-c6ccccc6)cc5N(c5ccc6sc7ccccc7c6c5)c5cc(N6c7ccc(-c8ccc(C(C)(C)C)cc8)cc7C7(C)CCCCC67C)cc1c53)C(C)(C)CCC4(C)C)C(C)(C)CCC2(C)C. The predicted molar refractivity (Wildman–Crippen MR) is 381 cm³/mol. The fraction of sp³-hybridized carbons (Fsp3) is 0.349. The summed E-state index contributed by atoms with van der Waals surface area (Å²) in [6.45, 7) is 34.7. The molecule has 9 aromatic carbocycles. The number of hydrogen-bond donors (Lipinski definition) is 0. The van der Waals surface area contributed by atoms with Crippen LogP contribution in [0.5, 0.6) is 0 Å². The number of aryl methyl sites for hydroxylation is 1. The van der Waals surface area contributed by atoms with Gasteiger partial charge in [0, 0.05) is 71.1 Å². The molecule has 4 heterocycles. The van der Waals surface area contributed by atoms with Crippen molar-refractivity contribution in [2.24, 2.45) is 0 Å². The van der Waals surface area contributed by atoms with Gasteiger partial charge < -0.3 is 14.7 Å². The van der Waals surface area contributed by atoms with E-state index in [4.69, 9.17) is 0 Å². The summed E-state index contributed by atoms with van der Waals surface area (Å²) in [5.41, 5.74) is 29.6. The van der Waals surface area contributed by atoms with Crippen molar-refractivity contribution in [2.45, 2.75) is 186 Å². The summed E-state index contributed by atoms with van der Waals surface area (Å²) in [6, 6.07) is 68.1. The van der Waals surface area contributed by atoms with E-state index in [-0.39, 0.29) is 44.7 Å². The normalized spacial score (nSPS) is 21.5. The van der Waals surface area contributed by atoms with Gasteiger partial charge in [-0.15, -0.1) is 11.3 Å². The van der Waals surface area contributed by atoms with Gasteiger partial charge in [-0.1, -0.05) is 199 Å². The van der Waals surface area contributed by atoms with E-state index >= 15 is 0 Å². The van der Waals surface area contributed by atoms with Gasteiger partial charge in [0.1, 0.15) is 0 Å². The maximum atomic E-state index is 2.88. The molecule has 2 unspecified atom stereocenters. The summed E-state index contributed by atoms with van der Waals surface area (Å²) in [7, 11) is 0. The van der Waals surface area contributed by atoms with Crippen molar-refractivity contribution < 1.29 is 0 Å². The molecule has 0 radical (unpaired) electrons. The Hall–Kier alpha value is -7.34. The molecule has 0 amide bonds. The molecule has 1 aromatic heterocycles. The van der Waals surface area contributed by atoms with Crippen LogP contribution in [0.2, 0.25) is 0 Å². The molecular formula is C83H86BN3S. The highest BCUT2D eigenvalue weighted by molar-refractivity contribution is 7.25. The lowest BCUT2D eigenvalue weighted by Crippen LogP contribution is -2.62. The minimum atomic E-state index is -0.210. The molecule has 0 spiro atoms. The van der Waals surface area contributed by atoms with Crippen LogP contribution in [-0.4, -0.2) is 12.3 Å². The third kappa shape index (κ3) is 8.06. The van der Waals surface area contributed by atoms with Crippen LogP contribution in [0.4, 0.5) is 45.5 Å². The molecular weight excluding hydrogens is 1080 g/mol.